The lowest BCUT2D eigenvalue weighted by atomic mass is 10.2. The number of nitro groups is 1. The predicted octanol–water partition coefficient (Wildman–Crippen LogP) is 4.84. The van der Waals surface area contributed by atoms with Gasteiger partial charge in [-0.25, -0.2) is 9.59 Å². The zero-order valence-corrected chi connectivity index (χ0v) is 26.8. The number of hydrogen-bond donors (Lipinski definition) is 2. The van der Waals surface area contributed by atoms with E-state index in [9.17, 15) is 29.9 Å². The van der Waals surface area contributed by atoms with Crippen LogP contribution in [0.4, 0.5) is 17.1 Å². The molecule has 0 aliphatic rings. The van der Waals surface area contributed by atoms with Gasteiger partial charge in [-0.05, 0) is 67.4 Å². The summed E-state index contributed by atoms with van der Waals surface area (Å²) >= 11 is 0. The lowest BCUT2D eigenvalue weighted by Gasteiger charge is -2.03. The fourth-order valence-corrected chi connectivity index (χ4v) is 5.38. The summed E-state index contributed by atoms with van der Waals surface area (Å²) in [6.45, 7) is 3.77. The Morgan fingerprint density at radius 3 is 1.65 bits per heavy atom. The van der Waals surface area contributed by atoms with Gasteiger partial charge in [-0.3, -0.25) is 28.4 Å². The molecule has 0 aliphatic carbocycles. The molecule has 244 valence electrons. The fourth-order valence-electron chi connectivity index (χ4n) is 5.38. The molecule has 48 heavy (non-hydrogen) atoms. The summed E-state index contributed by atoms with van der Waals surface area (Å²) in [5.74, 6) is 0.0399. The number of benzene rings is 4. The van der Waals surface area contributed by atoms with E-state index in [1.807, 2.05) is 38.1 Å². The average molecular weight is 651 g/mol. The SMILES string of the molecule is Cc1ccc(O)c(-n2nc3cc4c(cc3n2)n(C)c(=O)n4C)c1.Cc1ccc(O)c(N=Nc2cc3c(cc2[N+](=O)[O-])n(C)c(=O)n3C)c1. The zero-order valence-electron chi connectivity index (χ0n) is 26.8. The average Bonchev–Trinajstić information content (AvgIpc) is 3.64. The Labute approximate surface area is 270 Å². The molecule has 16 nitrogen and oxygen atoms in total. The third-order valence-corrected chi connectivity index (χ3v) is 8.08. The Balaban J connectivity index is 0.000000168. The number of rotatable bonds is 4. The molecule has 7 rings (SSSR count). The number of hydrogen-bond acceptors (Lipinski definition) is 10. The highest BCUT2D eigenvalue weighted by Gasteiger charge is 2.20. The molecule has 0 aliphatic heterocycles. The van der Waals surface area contributed by atoms with Crippen molar-refractivity contribution in [2.24, 2.45) is 38.4 Å². The molecule has 0 fully saturated rings. The lowest BCUT2D eigenvalue weighted by Crippen LogP contribution is -2.19. The Bertz CT molecular complexity index is 2520. The van der Waals surface area contributed by atoms with Crippen molar-refractivity contribution in [1.29, 1.82) is 0 Å². The minimum atomic E-state index is -0.582. The minimum Gasteiger partial charge on any atom is -0.506 e. The largest absolute Gasteiger partial charge is 0.506 e. The molecule has 2 N–H and O–H groups in total. The van der Waals surface area contributed by atoms with E-state index in [2.05, 4.69) is 20.4 Å². The Hall–Kier alpha value is -6.58. The molecule has 0 radical (unpaired) electrons. The molecular formula is C32H30N10O6. The molecule has 0 unspecified atom stereocenters. The monoisotopic (exact) mass is 650 g/mol. The molecule has 4 aromatic carbocycles. The van der Waals surface area contributed by atoms with Crippen LogP contribution in [0.5, 0.6) is 11.5 Å². The normalized spacial score (nSPS) is 11.5. The van der Waals surface area contributed by atoms with Gasteiger partial charge < -0.3 is 10.2 Å². The molecule has 16 heteroatoms. The molecule has 0 spiro atoms. The van der Waals surface area contributed by atoms with Gasteiger partial charge >= 0.3 is 11.4 Å². The predicted molar refractivity (Wildman–Crippen MR) is 179 cm³/mol. The second kappa shape index (κ2) is 11.7. The van der Waals surface area contributed by atoms with Crippen LogP contribution < -0.4 is 11.4 Å². The van der Waals surface area contributed by atoms with E-state index < -0.39 is 4.92 Å². The van der Waals surface area contributed by atoms with E-state index in [4.69, 9.17) is 0 Å². The molecule has 0 saturated carbocycles. The summed E-state index contributed by atoms with van der Waals surface area (Å²) in [4.78, 5) is 36.2. The zero-order chi connectivity index (χ0) is 34.6. The smallest absolute Gasteiger partial charge is 0.328 e. The highest BCUT2D eigenvalue weighted by atomic mass is 16.6. The molecule has 3 heterocycles. The van der Waals surface area contributed by atoms with Crippen LogP contribution in [0.25, 0.3) is 38.8 Å². The van der Waals surface area contributed by atoms with Gasteiger partial charge in [-0.15, -0.1) is 25.2 Å². The van der Waals surface area contributed by atoms with Gasteiger partial charge in [0.15, 0.2) is 5.69 Å². The first-order chi connectivity index (χ1) is 22.7. The van der Waals surface area contributed by atoms with Crippen LogP contribution in [0.3, 0.4) is 0 Å². The number of azo groups is 1. The Morgan fingerprint density at radius 1 is 0.646 bits per heavy atom. The number of imidazole rings is 2. The van der Waals surface area contributed by atoms with E-state index in [1.54, 1.807) is 55.5 Å². The minimum absolute atomic E-state index is 0.000365. The highest BCUT2D eigenvalue weighted by Crippen LogP contribution is 2.35. The summed E-state index contributed by atoms with van der Waals surface area (Å²) in [5.41, 5.74) is 5.80. The second-order valence-electron chi connectivity index (χ2n) is 11.4. The van der Waals surface area contributed by atoms with Crippen molar-refractivity contribution in [3.8, 4) is 17.2 Å². The molecule has 0 atom stereocenters. The van der Waals surface area contributed by atoms with Crippen molar-refractivity contribution in [2.75, 3.05) is 0 Å². The van der Waals surface area contributed by atoms with Crippen LogP contribution in [0, 0.1) is 24.0 Å². The molecule has 0 amide bonds. The Morgan fingerprint density at radius 2 is 1.10 bits per heavy atom. The third-order valence-electron chi connectivity index (χ3n) is 8.08. The van der Waals surface area contributed by atoms with Gasteiger partial charge in [0.25, 0.3) is 5.69 Å². The molecule has 0 bridgehead atoms. The van der Waals surface area contributed by atoms with E-state index in [0.717, 1.165) is 22.2 Å². The van der Waals surface area contributed by atoms with Crippen LogP contribution >= 0.6 is 0 Å². The van der Waals surface area contributed by atoms with E-state index in [1.165, 1.54) is 32.1 Å². The topological polar surface area (TPSA) is 193 Å². The van der Waals surface area contributed by atoms with Gasteiger partial charge in [-0.2, -0.15) is 0 Å². The van der Waals surface area contributed by atoms with Gasteiger partial charge in [-0.1, -0.05) is 12.1 Å². The fraction of sp³-hybridized carbons (Fsp3) is 0.188. The standard InChI is InChI=1S/C16H15N5O4.C16H15N5O2/c1-9-4-5-15(22)11(6-9)18-17-10-7-13-14(8-12(10)21(24)25)20(3)16(23)19(13)2;1-9-4-5-15(22)14(6-9)21-17-10-7-12-13(8-11(10)18-21)20(3)16(23)19(12)2/h4-8,22H,1-3H3;4-8,22H,1-3H3. The summed E-state index contributed by atoms with van der Waals surface area (Å²) < 4.78 is 5.87. The van der Waals surface area contributed by atoms with Crippen LogP contribution in [0.1, 0.15) is 11.1 Å². The summed E-state index contributed by atoms with van der Waals surface area (Å²) in [6, 6.07) is 16.5. The van der Waals surface area contributed by atoms with Crippen molar-refractivity contribution in [1.82, 2.24) is 33.3 Å². The van der Waals surface area contributed by atoms with Crippen molar-refractivity contribution >= 4 is 50.2 Å². The molecular weight excluding hydrogens is 620 g/mol. The van der Waals surface area contributed by atoms with Gasteiger partial charge in [0.05, 0.1) is 27.0 Å². The number of aromatic nitrogens is 7. The lowest BCUT2D eigenvalue weighted by molar-refractivity contribution is -0.384. The molecule has 0 saturated heterocycles. The van der Waals surface area contributed by atoms with E-state index >= 15 is 0 Å². The summed E-state index contributed by atoms with van der Waals surface area (Å²) in [7, 11) is 6.57. The van der Waals surface area contributed by atoms with E-state index in [0.29, 0.717) is 27.8 Å². The second-order valence-corrected chi connectivity index (χ2v) is 11.4. The first-order valence-corrected chi connectivity index (χ1v) is 14.5. The first kappa shape index (κ1) is 31.4. The van der Waals surface area contributed by atoms with Crippen molar-refractivity contribution < 1.29 is 15.1 Å². The first-order valence-electron chi connectivity index (χ1n) is 14.5. The van der Waals surface area contributed by atoms with Crippen molar-refractivity contribution in [3.63, 3.8) is 0 Å². The summed E-state index contributed by atoms with van der Waals surface area (Å²) in [6.07, 6.45) is 0. The number of aromatic hydroxyl groups is 2. The van der Waals surface area contributed by atoms with E-state index in [-0.39, 0.29) is 39.9 Å². The number of nitrogens with zero attached hydrogens (tertiary/aromatic N) is 10. The number of fused-ring (bicyclic) bond motifs is 3. The third kappa shape index (κ3) is 5.34. The van der Waals surface area contributed by atoms with Crippen LogP contribution in [0.15, 0.2) is 80.5 Å². The highest BCUT2D eigenvalue weighted by molar-refractivity contribution is 5.91. The van der Waals surface area contributed by atoms with Crippen LogP contribution in [0.2, 0.25) is 0 Å². The molecule has 7 aromatic rings. The maximum Gasteiger partial charge on any atom is 0.328 e. The van der Waals surface area contributed by atoms with Crippen molar-refractivity contribution in [2.45, 2.75) is 13.8 Å². The van der Waals surface area contributed by atoms with Gasteiger partial charge in [0.2, 0.25) is 0 Å². The van der Waals surface area contributed by atoms with Gasteiger partial charge in [0.1, 0.15) is 33.9 Å². The number of aryl methyl sites for hydroxylation is 6. The Kier molecular flexibility index (Phi) is 7.62. The van der Waals surface area contributed by atoms with Crippen LogP contribution in [-0.2, 0) is 28.2 Å². The number of nitro benzene ring substituents is 1. The number of phenols is 2. The number of phenolic OH excluding ortho intramolecular Hbond substituents is 2. The maximum absolute atomic E-state index is 12.0. The van der Waals surface area contributed by atoms with Gasteiger partial charge in [0, 0.05) is 34.3 Å². The maximum atomic E-state index is 12.0. The van der Waals surface area contributed by atoms with Crippen molar-refractivity contribution in [3.05, 3.63) is 103 Å². The van der Waals surface area contributed by atoms with Crippen LogP contribution in [-0.4, -0.2) is 48.4 Å². The molecule has 3 aromatic heterocycles. The quantitative estimate of drug-likeness (QED) is 0.153. The summed E-state index contributed by atoms with van der Waals surface area (Å²) in [5, 5.41) is 47.9.